The third kappa shape index (κ3) is 4.14. The fourth-order valence-corrected chi connectivity index (χ4v) is 7.33. The minimum Gasteiger partial charge on any atom is -0.339 e. The Morgan fingerprint density at radius 1 is 1.09 bits per heavy atom. The molecule has 32 heavy (non-hydrogen) atoms. The SMILES string of the molecule is O=C(CN1C(=O)c2ccccc2Sc2ncccc21)N1CCN([C@H]2CCS(=O)(=O)C2)CC1. The van der Waals surface area contributed by atoms with E-state index in [1.54, 1.807) is 23.2 Å². The molecule has 2 saturated heterocycles. The van der Waals surface area contributed by atoms with Crippen LogP contribution in [0.15, 0.2) is 52.5 Å². The number of nitrogens with zero attached hydrogens (tertiary/aromatic N) is 4. The topological polar surface area (TPSA) is 90.9 Å². The number of aromatic nitrogens is 1. The van der Waals surface area contributed by atoms with E-state index in [4.69, 9.17) is 0 Å². The third-order valence-electron chi connectivity index (χ3n) is 6.30. The van der Waals surface area contributed by atoms with Crippen molar-refractivity contribution in [3.63, 3.8) is 0 Å². The fraction of sp³-hybridized carbons (Fsp3) is 0.409. The number of rotatable bonds is 3. The molecule has 0 bridgehead atoms. The molecule has 0 spiro atoms. The van der Waals surface area contributed by atoms with Gasteiger partial charge in [0, 0.05) is 43.3 Å². The molecule has 0 unspecified atom stereocenters. The van der Waals surface area contributed by atoms with E-state index < -0.39 is 9.84 Å². The zero-order chi connectivity index (χ0) is 22.3. The average Bonchev–Trinajstić information content (AvgIpc) is 3.12. The van der Waals surface area contributed by atoms with Crippen molar-refractivity contribution in [3.05, 3.63) is 48.2 Å². The van der Waals surface area contributed by atoms with E-state index in [9.17, 15) is 18.0 Å². The summed E-state index contributed by atoms with van der Waals surface area (Å²) in [6.07, 6.45) is 2.35. The van der Waals surface area contributed by atoms with Gasteiger partial charge in [0.1, 0.15) is 11.6 Å². The Balaban J connectivity index is 1.30. The first-order chi connectivity index (χ1) is 15.4. The number of carbonyl (C=O) groups excluding carboxylic acids is 2. The molecule has 3 aliphatic rings. The number of sulfone groups is 1. The van der Waals surface area contributed by atoms with Gasteiger partial charge in [-0.05, 0) is 30.7 Å². The molecule has 2 aromatic rings. The van der Waals surface area contributed by atoms with Gasteiger partial charge in [0.15, 0.2) is 9.84 Å². The van der Waals surface area contributed by atoms with Gasteiger partial charge in [0.05, 0.1) is 22.8 Å². The zero-order valence-corrected chi connectivity index (χ0v) is 19.1. The lowest BCUT2D eigenvalue weighted by Gasteiger charge is -2.38. The van der Waals surface area contributed by atoms with Crippen molar-refractivity contribution in [2.45, 2.75) is 22.4 Å². The highest BCUT2D eigenvalue weighted by Crippen LogP contribution is 2.39. The lowest BCUT2D eigenvalue weighted by Crippen LogP contribution is -2.54. The lowest BCUT2D eigenvalue weighted by atomic mass is 10.1. The smallest absolute Gasteiger partial charge is 0.259 e. The number of hydrogen-bond acceptors (Lipinski definition) is 7. The van der Waals surface area contributed by atoms with Gasteiger partial charge >= 0.3 is 0 Å². The van der Waals surface area contributed by atoms with Crippen LogP contribution in [0.1, 0.15) is 16.8 Å². The fourth-order valence-electron chi connectivity index (χ4n) is 4.55. The summed E-state index contributed by atoms with van der Waals surface area (Å²) in [6.45, 7) is 2.31. The molecule has 0 aliphatic carbocycles. The summed E-state index contributed by atoms with van der Waals surface area (Å²) in [7, 11) is -2.93. The molecule has 2 fully saturated rings. The van der Waals surface area contributed by atoms with Crippen LogP contribution >= 0.6 is 11.8 Å². The van der Waals surface area contributed by atoms with Gasteiger partial charge in [-0.2, -0.15) is 0 Å². The van der Waals surface area contributed by atoms with Crippen LogP contribution in [-0.4, -0.2) is 85.3 Å². The first-order valence-corrected chi connectivity index (χ1v) is 13.3. The minimum atomic E-state index is -2.93. The molecular weight excluding hydrogens is 448 g/mol. The van der Waals surface area contributed by atoms with E-state index in [1.165, 1.54) is 16.7 Å². The molecule has 2 amide bonds. The first kappa shape index (κ1) is 21.4. The maximum atomic E-state index is 13.4. The molecular formula is C22H24N4O4S2. The average molecular weight is 473 g/mol. The molecule has 1 aromatic carbocycles. The third-order valence-corrected chi connectivity index (χ3v) is 9.13. The van der Waals surface area contributed by atoms with Crippen LogP contribution in [0.2, 0.25) is 0 Å². The lowest BCUT2D eigenvalue weighted by molar-refractivity contribution is -0.131. The number of carbonyl (C=O) groups is 2. The molecule has 5 rings (SSSR count). The monoisotopic (exact) mass is 472 g/mol. The second-order valence-electron chi connectivity index (χ2n) is 8.29. The molecule has 0 saturated carbocycles. The summed E-state index contributed by atoms with van der Waals surface area (Å²) in [5.41, 5.74) is 1.21. The Bertz CT molecular complexity index is 1160. The molecule has 0 radical (unpaired) electrons. The van der Waals surface area contributed by atoms with Crippen LogP contribution in [0.5, 0.6) is 0 Å². The second-order valence-corrected chi connectivity index (χ2v) is 11.6. The maximum absolute atomic E-state index is 13.4. The highest BCUT2D eigenvalue weighted by Gasteiger charge is 2.35. The first-order valence-electron chi connectivity index (χ1n) is 10.7. The Morgan fingerprint density at radius 2 is 1.88 bits per heavy atom. The molecule has 10 heteroatoms. The van der Waals surface area contributed by atoms with Gasteiger partial charge in [-0.3, -0.25) is 19.4 Å². The molecule has 1 atom stereocenters. The number of amides is 2. The zero-order valence-electron chi connectivity index (χ0n) is 17.5. The predicted octanol–water partition coefficient (Wildman–Crippen LogP) is 1.52. The van der Waals surface area contributed by atoms with Gasteiger partial charge in [-0.1, -0.05) is 23.9 Å². The normalized spacial score (nSPS) is 22.9. The minimum absolute atomic E-state index is 0.0514. The van der Waals surface area contributed by atoms with Crippen LogP contribution in [0.25, 0.3) is 0 Å². The van der Waals surface area contributed by atoms with Crippen LogP contribution in [0.4, 0.5) is 5.69 Å². The second kappa shape index (κ2) is 8.49. The van der Waals surface area contributed by atoms with E-state index in [0.717, 1.165) is 4.90 Å². The summed E-state index contributed by atoms with van der Waals surface area (Å²) < 4.78 is 23.6. The van der Waals surface area contributed by atoms with Crippen molar-refractivity contribution < 1.29 is 18.0 Å². The Labute approximate surface area is 191 Å². The Morgan fingerprint density at radius 3 is 2.62 bits per heavy atom. The van der Waals surface area contributed by atoms with Crippen molar-refractivity contribution >= 4 is 39.1 Å². The number of hydrogen-bond donors (Lipinski definition) is 0. The van der Waals surface area contributed by atoms with Crippen LogP contribution in [0.3, 0.4) is 0 Å². The summed E-state index contributed by atoms with van der Waals surface area (Å²) >= 11 is 1.43. The molecule has 168 valence electrons. The van der Waals surface area contributed by atoms with E-state index >= 15 is 0 Å². The molecule has 8 nitrogen and oxygen atoms in total. The molecule has 4 heterocycles. The molecule has 1 aromatic heterocycles. The largest absolute Gasteiger partial charge is 0.339 e. The highest BCUT2D eigenvalue weighted by molar-refractivity contribution is 7.99. The van der Waals surface area contributed by atoms with Crippen molar-refractivity contribution in [3.8, 4) is 0 Å². The van der Waals surface area contributed by atoms with Crippen LogP contribution in [-0.2, 0) is 14.6 Å². The van der Waals surface area contributed by atoms with Gasteiger partial charge < -0.3 is 4.90 Å². The van der Waals surface area contributed by atoms with Crippen LogP contribution in [0, 0.1) is 0 Å². The number of benzene rings is 1. The van der Waals surface area contributed by atoms with E-state index in [2.05, 4.69) is 9.88 Å². The Kier molecular flexibility index (Phi) is 5.68. The number of piperazine rings is 1. The predicted molar refractivity (Wildman–Crippen MR) is 122 cm³/mol. The maximum Gasteiger partial charge on any atom is 0.259 e. The van der Waals surface area contributed by atoms with Gasteiger partial charge in [0.2, 0.25) is 5.91 Å². The van der Waals surface area contributed by atoms with Crippen molar-refractivity contribution in [1.82, 2.24) is 14.8 Å². The standard InChI is InChI=1S/C22H24N4O4S2/c27-20(25-11-9-24(10-12-25)16-7-13-32(29,30)15-16)14-26-18-5-3-8-23-21(18)31-19-6-2-1-4-17(19)22(26)28/h1-6,8,16H,7,9-15H2/t16-/m0/s1. The van der Waals surface area contributed by atoms with E-state index in [-0.39, 0.29) is 35.9 Å². The van der Waals surface area contributed by atoms with Crippen molar-refractivity contribution in [2.24, 2.45) is 0 Å². The Hall–Kier alpha value is -2.43. The molecule has 0 N–H and O–H groups in total. The number of fused-ring (bicyclic) bond motifs is 2. The van der Waals surface area contributed by atoms with Gasteiger partial charge in [-0.15, -0.1) is 0 Å². The number of anilines is 1. The quantitative estimate of drug-likeness (QED) is 0.669. The van der Waals surface area contributed by atoms with E-state index in [1.807, 2.05) is 24.3 Å². The van der Waals surface area contributed by atoms with Crippen molar-refractivity contribution in [2.75, 3.05) is 49.1 Å². The van der Waals surface area contributed by atoms with Crippen LogP contribution < -0.4 is 4.90 Å². The van der Waals surface area contributed by atoms with E-state index in [0.29, 0.717) is 48.9 Å². The van der Waals surface area contributed by atoms with Gasteiger partial charge in [0.25, 0.3) is 5.91 Å². The summed E-state index contributed by atoms with van der Waals surface area (Å²) in [6, 6.07) is 11.0. The summed E-state index contributed by atoms with van der Waals surface area (Å²) in [5, 5.41) is 0.700. The summed E-state index contributed by atoms with van der Waals surface area (Å²) in [5.74, 6) is 0.143. The van der Waals surface area contributed by atoms with Crippen molar-refractivity contribution in [1.29, 1.82) is 0 Å². The number of pyridine rings is 1. The highest BCUT2D eigenvalue weighted by atomic mass is 32.2. The summed E-state index contributed by atoms with van der Waals surface area (Å²) in [4.78, 5) is 37.3. The van der Waals surface area contributed by atoms with Gasteiger partial charge in [-0.25, -0.2) is 13.4 Å². The molecule has 3 aliphatic heterocycles.